The maximum absolute atomic E-state index is 11.0. The molecular formula is C12H23NO. The van der Waals surface area contributed by atoms with Crippen molar-refractivity contribution in [2.75, 3.05) is 6.54 Å². The number of amides is 1. The Balaban J connectivity index is 3.09. The van der Waals surface area contributed by atoms with E-state index in [0.29, 0.717) is 0 Å². The summed E-state index contributed by atoms with van der Waals surface area (Å²) >= 11 is 0. The van der Waals surface area contributed by atoms with E-state index in [4.69, 9.17) is 0 Å². The van der Waals surface area contributed by atoms with Gasteiger partial charge in [-0.25, -0.2) is 0 Å². The van der Waals surface area contributed by atoms with Crippen LogP contribution in [-0.4, -0.2) is 12.5 Å². The molecule has 0 heterocycles. The Hall–Kier alpha value is -0.790. The van der Waals surface area contributed by atoms with Crippen molar-refractivity contribution in [3.8, 4) is 0 Å². The predicted molar refractivity (Wildman–Crippen MR) is 61.2 cm³/mol. The number of unbranched alkanes of at least 4 members (excludes halogenated alkanes) is 5. The molecule has 2 heteroatoms. The molecule has 0 aliphatic heterocycles. The Morgan fingerprint density at radius 3 is 2.43 bits per heavy atom. The molecule has 0 fully saturated rings. The molecule has 0 aromatic heterocycles. The molecule has 0 aliphatic rings. The van der Waals surface area contributed by atoms with E-state index in [0.717, 1.165) is 13.0 Å². The fourth-order valence-electron chi connectivity index (χ4n) is 1.33. The zero-order valence-electron chi connectivity index (χ0n) is 9.51. The number of carbonyl (C=O) groups is 1. The number of carbonyl (C=O) groups excluding carboxylic acids is 1. The van der Waals surface area contributed by atoms with E-state index in [1.807, 2.05) is 6.92 Å². The second kappa shape index (κ2) is 10.3. The van der Waals surface area contributed by atoms with Gasteiger partial charge in [0.15, 0.2) is 0 Å². The van der Waals surface area contributed by atoms with Crippen LogP contribution in [0.5, 0.6) is 0 Å². The van der Waals surface area contributed by atoms with E-state index in [2.05, 4.69) is 12.2 Å². The van der Waals surface area contributed by atoms with Crippen LogP contribution in [0.2, 0.25) is 0 Å². The van der Waals surface area contributed by atoms with E-state index in [-0.39, 0.29) is 5.91 Å². The minimum atomic E-state index is 0.0288. The fraction of sp³-hybridized carbons (Fsp3) is 0.750. The quantitative estimate of drug-likeness (QED) is 0.470. The van der Waals surface area contributed by atoms with Gasteiger partial charge in [0.25, 0.3) is 0 Å². The lowest BCUT2D eigenvalue weighted by atomic mass is 10.1. The van der Waals surface area contributed by atoms with Crippen LogP contribution in [0.3, 0.4) is 0 Å². The first-order valence-corrected chi connectivity index (χ1v) is 5.71. The highest BCUT2D eigenvalue weighted by Crippen LogP contribution is 2.03. The zero-order chi connectivity index (χ0) is 10.6. The highest BCUT2D eigenvalue weighted by atomic mass is 16.1. The molecule has 1 amide bonds. The molecule has 0 bridgehead atoms. The second-order valence-corrected chi connectivity index (χ2v) is 3.56. The van der Waals surface area contributed by atoms with Gasteiger partial charge in [0, 0.05) is 6.54 Å². The smallest absolute Gasteiger partial charge is 0.243 e. The van der Waals surface area contributed by atoms with Crippen molar-refractivity contribution in [3.05, 3.63) is 12.2 Å². The van der Waals surface area contributed by atoms with Crippen LogP contribution < -0.4 is 5.32 Å². The summed E-state index contributed by atoms with van der Waals surface area (Å²) in [5, 5.41) is 2.85. The molecular weight excluding hydrogens is 174 g/mol. The average Bonchev–Trinajstić information content (AvgIpc) is 2.17. The Morgan fingerprint density at radius 2 is 1.79 bits per heavy atom. The summed E-state index contributed by atoms with van der Waals surface area (Å²) in [7, 11) is 0. The van der Waals surface area contributed by atoms with E-state index < -0.39 is 0 Å². The molecule has 14 heavy (non-hydrogen) atoms. The van der Waals surface area contributed by atoms with Gasteiger partial charge in [0.05, 0.1) is 0 Å². The van der Waals surface area contributed by atoms with Crippen LogP contribution >= 0.6 is 0 Å². The summed E-state index contributed by atoms with van der Waals surface area (Å²) in [6.45, 7) is 4.89. The number of hydrogen-bond acceptors (Lipinski definition) is 1. The van der Waals surface area contributed by atoms with E-state index in [9.17, 15) is 4.79 Å². The largest absolute Gasteiger partial charge is 0.353 e. The summed E-state index contributed by atoms with van der Waals surface area (Å²) in [6.07, 6.45) is 10.9. The van der Waals surface area contributed by atoms with Gasteiger partial charge in [-0.1, -0.05) is 45.1 Å². The van der Waals surface area contributed by atoms with Gasteiger partial charge < -0.3 is 5.32 Å². The van der Waals surface area contributed by atoms with Crippen LogP contribution in [0, 0.1) is 0 Å². The topological polar surface area (TPSA) is 29.1 Å². The Kier molecular flexibility index (Phi) is 9.71. The third-order valence-corrected chi connectivity index (χ3v) is 2.15. The first kappa shape index (κ1) is 13.2. The van der Waals surface area contributed by atoms with Gasteiger partial charge in [-0.3, -0.25) is 4.79 Å². The van der Waals surface area contributed by atoms with Gasteiger partial charge in [-0.2, -0.15) is 0 Å². The molecule has 0 spiro atoms. The molecule has 1 N–H and O–H groups in total. The zero-order valence-corrected chi connectivity index (χ0v) is 9.51. The van der Waals surface area contributed by atoms with Crippen LogP contribution in [0.25, 0.3) is 0 Å². The normalized spacial score (nSPS) is 10.7. The van der Waals surface area contributed by atoms with Gasteiger partial charge in [0.2, 0.25) is 5.91 Å². The molecule has 0 rings (SSSR count). The summed E-state index contributed by atoms with van der Waals surface area (Å²) in [5.41, 5.74) is 0. The average molecular weight is 197 g/mol. The maximum Gasteiger partial charge on any atom is 0.243 e. The van der Waals surface area contributed by atoms with E-state index in [1.54, 1.807) is 12.2 Å². The monoisotopic (exact) mass is 197 g/mol. The van der Waals surface area contributed by atoms with Crippen LogP contribution in [0.1, 0.15) is 52.4 Å². The maximum atomic E-state index is 11.0. The molecule has 82 valence electrons. The van der Waals surface area contributed by atoms with Crippen molar-refractivity contribution in [2.24, 2.45) is 0 Å². The van der Waals surface area contributed by atoms with Crippen molar-refractivity contribution in [2.45, 2.75) is 52.4 Å². The van der Waals surface area contributed by atoms with Crippen molar-refractivity contribution in [1.29, 1.82) is 0 Å². The van der Waals surface area contributed by atoms with Gasteiger partial charge in [-0.15, -0.1) is 0 Å². The van der Waals surface area contributed by atoms with Crippen LogP contribution in [-0.2, 0) is 4.79 Å². The number of rotatable bonds is 8. The molecule has 0 atom stereocenters. The Morgan fingerprint density at radius 1 is 1.14 bits per heavy atom. The molecule has 0 aromatic carbocycles. The summed E-state index contributed by atoms with van der Waals surface area (Å²) in [4.78, 5) is 11.0. The molecule has 2 nitrogen and oxygen atoms in total. The van der Waals surface area contributed by atoms with Crippen molar-refractivity contribution < 1.29 is 4.79 Å². The predicted octanol–water partition coefficient (Wildman–Crippen LogP) is 3.04. The van der Waals surface area contributed by atoms with Crippen molar-refractivity contribution >= 4 is 5.91 Å². The molecule has 0 aliphatic carbocycles. The highest BCUT2D eigenvalue weighted by molar-refractivity contribution is 5.87. The van der Waals surface area contributed by atoms with E-state index >= 15 is 0 Å². The van der Waals surface area contributed by atoms with Crippen molar-refractivity contribution in [3.63, 3.8) is 0 Å². The minimum Gasteiger partial charge on any atom is -0.353 e. The standard InChI is InChI=1S/C12H23NO/c1-3-5-6-7-8-9-11-13-12(14)10-4-2/h4,10H,3,5-9,11H2,1-2H3,(H,13,14)/b10-4+. The molecule has 0 saturated heterocycles. The Bertz CT molecular complexity index is 164. The van der Waals surface area contributed by atoms with Gasteiger partial charge in [0.1, 0.15) is 0 Å². The lowest BCUT2D eigenvalue weighted by Gasteiger charge is -2.01. The first-order valence-electron chi connectivity index (χ1n) is 5.71. The minimum absolute atomic E-state index is 0.0288. The number of nitrogens with one attached hydrogen (secondary N) is 1. The molecule has 0 saturated carbocycles. The third-order valence-electron chi connectivity index (χ3n) is 2.15. The molecule has 0 aromatic rings. The van der Waals surface area contributed by atoms with Gasteiger partial charge >= 0.3 is 0 Å². The first-order chi connectivity index (χ1) is 6.81. The summed E-state index contributed by atoms with van der Waals surface area (Å²) < 4.78 is 0. The van der Waals surface area contributed by atoms with Crippen molar-refractivity contribution in [1.82, 2.24) is 5.32 Å². The highest BCUT2D eigenvalue weighted by Gasteiger charge is 1.93. The van der Waals surface area contributed by atoms with Crippen LogP contribution in [0.4, 0.5) is 0 Å². The number of allylic oxidation sites excluding steroid dienone is 1. The Labute approximate surface area is 87.8 Å². The summed E-state index contributed by atoms with van der Waals surface area (Å²) in [6, 6.07) is 0. The van der Waals surface area contributed by atoms with Gasteiger partial charge in [-0.05, 0) is 19.4 Å². The molecule has 0 radical (unpaired) electrons. The summed E-state index contributed by atoms with van der Waals surface area (Å²) in [5.74, 6) is 0.0288. The molecule has 0 unspecified atom stereocenters. The lowest BCUT2D eigenvalue weighted by molar-refractivity contribution is -0.116. The van der Waals surface area contributed by atoms with E-state index in [1.165, 1.54) is 32.1 Å². The lowest BCUT2D eigenvalue weighted by Crippen LogP contribution is -2.21. The third kappa shape index (κ3) is 9.30. The second-order valence-electron chi connectivity index (χ2n) is 3.56. The number of hydrogen-bond donors (Lipinski definition) is 1. The SMILES string of the molecule is C/C=C/C(=O)NCCCCCCCC. The fourth-order valence-corrected chi connectivity index (χ4v) is 1.33. The van der Waals surface area contributed by atoms with Crippen LogP contribution in [0.15, 0.2) is 12.2 Å².